The van der Waals surface area contributed by atoms with Gasteiger partial charge in [0.1, 0.15) is 0 Å². The lowest BCUT2D eigenvalue weighted by Crippen LogP contribution is -1.94. The van der Waals surface area contributed by atoms with Gasteiger partial charge >= 0.3 is 0 Å². The first kappa shape index (κ1) is 11.0. The Hall–Kier alpha value is -1.12. The molecule has 0 aromatic heterocycles. The Balaban J connectivity index is 2.23. The third kappa shape index (κ3) is 4.21. The van der Waals surface area contributed by atoms with Crippen molar-refractivity contribution in [1.82, 2.24) is 0 Å². The number of ether oxygens (including phenoxy) is 1. The van der Waals surface area contributed by atoms with Crippen LogP contribution in [0.2, 0.25) is 0 Å². The van der Waals surface area contributed by atoms with E-state index in [0.717, 1.165) is 5.57 Å². The van der Waals surface area contributed by atoms with E-state index >= 15 is 0 Å². The first-order valence-corrected chi connectivity index (χ1v) is 4.71. The van der Waals surface area contributed by atoms with E-state index in [2.05, 4.69) is 0 Å². The Kier molecular flexibility index (Phi) is 4.97. The molecule has 0 saturated carbocycles. The molecule has 0 saturated heterocycles. The highest BCUT2D eigenvalue weighted by Crippen LogP contribution is 2.00. The normalized spacial score (nSPS) is 11.7. The minimum atomic E-state index is 0.106. The summed E-state index contributed by atoms with van der Waals surface area (Å²) in [4.78, 5) is 0. The molecule has 0 heterocycles. The maximum Gasteiger partial charge on any atom is 0.0721 e. The summed E-state index contributed by atoms with van der Waals surface area (Å²) in [5.74, 6) is 0. The van der Waals surface area contributed by atoms with E-state index in [4.69, 9.17) is 9.84 Å². The lowest BCUT2D eigenvalue weighted by atomic mass is 10.2. The molecule has 14 heavy (non-hydrogen) atoms. The summed E-state index contributed by atoms with van der Waals surface area (Å²) in [6.07, 6.45) is 1.89. The lowest BCUT2D eigenvalue weighted by molar-refractivity contribution is 0.147. The molecule has 1 aromatic rings. The van der Waals surface area contributed by atoms with Crippen molar-refractivity contribution in [1.29, 1.82) is 0 Å². The van der Waals surface area contributed by atoms with Gasteiger partial charge in [0.15, 0.2) is 0 Å². The van der Waals surface area contributed by atoms with Gasteiger partial charge in [-0.2, -0.15) is 0 Å². The van der Waals surface area contributed by atoms with Crippen molar-refractivity contribution in [2.45, 2.75) is 13.5 Å². The van der Waals surface area contributed by atoms with Crippen molar-refractivity contribution in [3.8, 4) is 0 Å². The number of aliphatic hydroxyl groups excluding tert-OH is 1. The van der Waals surface area contributed by atoms with Crippen molar-refractivity contribution >= 4 is 0 Å². The van der Waals surface area contributed by atoms with Gasteiger partial charge in [-0.05, 0) is 18.1 Å². The molecule has 0 spiro atoms. The molecule has 1 rings (SSSR count). The number of benzene rings is 1. The van der Waals surface area contributed by atoms with Gasteiger partial charge < -0.3 is 9.84 Å². The number of rotatable bonds is 5. The first-order valence-electron chi connectivity index (χ1n) is 4.71. The smallest absolute Gasteiger partial charge is 0.0721 e. The van der Waals surface area contributed by atoms with E-state index in [0.29, 0.717) is 13.2 Å². The van der Waals surface area contributed by atoms with E-state index in [1.165, 1.54) is 5.56 Å². The second-order valence-corrected chi connectivity index (χ2v) is 3.21. The van der Waals surface area contributed by atoms with Gasteiger partial charge in [0.25, 0.3) is 0 Å². The minimum absolute atomic E-state index is 0.106. The molecular formula is C12H16O2. The van der Waals surface area contributed by atoms with Crippen LogP contribution >= 0.6 is 0 Å². The Morgan fingerprint density at radius 2 is 2.07 bits per heavy atom. The molecule has 0 aliphatic heterocycles. The SMILES string of the molecule is C/C(=C\COCc1ccccc1)CO. The molecule has 0 atom stereocenters. The molecular weight excluding hydrogens is 176 g/mol. The van der Waals surface area contributed by atoms with Crippen LogP contribution in [0.4, 0.5) is 0 Å². The van der Waals surface area contributed by atoms with Crippen molar-refractivity contribution in [3.63, 3.8) is 0 Å². The molecule has 2 heteroatoms. The van der Waals surface area contributed by atoms with Crippen LogP contribution in [0.3, 0.4) is 0 Å². The van der Waals surface area contributed by atoms with Crippen molar-refractivity contribution in [3.05, 3.63) is 47.5 Å². The summed E-state index contributed by atoms with van der Waals surface area (Å²) in [5, 5.41) is 8.73. The fourth-order valence-electron chi connectivity index (χ4n) is 1.02. The van der Waals surface area contributed by atoms with Gasteiger partial charge in [-0.3, -0.25) is 0 Å². The Bertz CT molecular complexity index is 278. The fraction of sp³-hybridized carbons (Fsp3) is 0.333. The Morgan fingerprint density at radius 1 is 1.36 bits per heavy atom. The van der Waals surface area contributed by atoms with Gasteiger partial charge in [0, 0.05) is 0 Å². The second kappa shape index (κ2) is 6.35. The summed E-state index contributed by atoms with van der Waals surface area (Å²) in [5.41, 5.74) is 2.11. The largest absolute Gasteiger partial charge is 0.392 e. The molecule has 0 radical (unpaired) electrons. The zero-order chi connectivity index (χ0) is 10.2. The van der Waals surface area contributed by atoms with Gasteiger partial charge in [0.05, 0.1) is 19.8 Å². The average Bonchev–Trinajstić information content (AvgIpc) is 2.25. The number of aliphatic hydroxyl groups is 1. The van der Waals surface area contributed by atoms with Crippen molar-refractivity contribution < 1.29 is 9.84 Å². The summed E-state index contributed by atoms with van der Waals surface area (Å²) in [6, 6.07) is 10.0. The molecule has 0 fully saturated rings. The van der Waals surface area contributed by atoms with Gasteiger partial charge in [-0.25, -0.2) is 0 Å². The van der Waals surface area contributed by atoms with E-state index in [1.54, 1.807) is 0 Å². The van der Waals surface area contributed by atoms with Crippen molar-refractivity contribution in [2.24, 2.45) is 0 Å². The maximum absolute atomic E-state index is 8.73. The fourth-order valence-corrected chi connectivity index (χ4v) is 1.02. The van der Waals surface area contributed by atoms with Crippen LogP contribution in [0.15, 0.2) is 42.0 Å². The average molecular weight is 192 g/mol. The van der Waals surface area contributed by atoms with E-state index in [9.17, 15) is 0 Å². The first-order chi connectivity index (χ1) is 6.83. The second-order valence-electron chi connectivity index (χ2n) is 3.21. The third-order valence-electron chi connectivity index (χ3n) is 1.91. The predicted octanol–water partition coefficient (Wildman–Crippen LogP) is 2.14. The summed E-state index contributed by atoms with van der Waals surface area (Å²) < 4.78 is 5.40. The molecule has 0 unspecified atom stereocenters. The molecule has 0 aliphatic carbocycles. The summed E-state index contributed by atoms with van der Waals surface area (Å²) in [7, 11) is 0. The lowest BCUT2D eigenvalue weighted by Gasteiger charge is -2.01. The van der Waals surface area contributed by atoms with Crippen molar-refractivity contribution in [2.75, 3.05) is 13.2 Å². The van der Waals surface area contributed by atoms with Gasteiger partial charge in [-0.1, -0.05) is 36.4 Å². The number of hydrogen-bond donors (Lipinski definition) is 1. The van der Waals surface area contributed by atoms with E-state index < -0.39 is 0 Å². The van der Waals surface area contributed by atoms with Crippen LogP contribution in [-0.2, 0) is 11.3 Å². The highest BCUT2D eigenvalue weighted by atomic mass is 16.5. The zero-order valence-corrected chi connectivity index (χ0v) is 8.44. The van der Waals surface area contributed by atoms with Gasteiger partial charge in [-0.15, -0.1) is 0 Å². The van der Waals surface area contributed by atoms with Crippen LogP contribution in [0.1, 0.15) is 12.5 Å². The van der Waals surface area contributed by atoms with Crippen LogP contribution in [0, 0.1) is 0 Å². The van der Waals surface area contributed by atoms with Gasteiger partial charge in [0.2, 0.25) is 0 Å². The zero-order valence-electron chi connectivity index (χ0n) is 8.44. The van der Waals surface area contributed by atoms with Crippen LogP contribution in [0.25, 0.3) is 0 Å². The number of hydrogen-bond acceptors (Lipinski definition) is 2. The minimum Gasteiger partial charge on any atom is -0.392 e. The van der Waals surface area contributed by atoms with Crippen LogP contribution in [-0.4, -0.2) is 18.3 Å². The quantitative estimate of drug-likeness (QED) is 0.572. The van der Waals surface area contributed by atoms with Crippen LogP contribution < -0.4 is 0 Å². The highest BCUT2D eigenvalue weighted by molar-refractivity contribution is 5.13. The molecule has 0 amide bonds. The van der Waals surface area contributed by atoms with E-state index in [-0.39, 0.29) is 6.61 Å². The molecule has 0 bridgehead atoms. The summed E-state index contributed by atoms with van der Waals surface area (Å²) >= 11 is 0. The maximum atomic E-state index is 8.73. The molecule has 76 valence electrons. The summed E-state index contributed by atoms with van der Waals surface area (Å²) in [6.45, 7) is 3.16. The molecule has 1 N–H and O–H groups in total. The van der Waals surface area contributed by atoms with Crippen LogP contribution in [0.5, 0.6) is 0 Å². The third-order valence-corrected chi connectivity index (χ3v) is 1.91. The molecule has 1 aromatic carbocycles. The Labute approximate surface area is 84.8 Å². The monoisotopic (exact) mass is 192 g/mol. The topological polar surface area (TPSA) is 29.5 Å². The molecule has 2 nitrogen and oxygen atoms in total. The predicted molar refractivity (Wildman–Crippen MR) is 56.9 cm³/mol. The standard InChI is InChI=1S/C12H16O2/c1-11(9-13)7-8-14-10-12-5-3-2-4-6-12/h2-7,13H,8-10H2,1H3/b11-7+. The Morgan fingerprint density at radius 3 is 2.71 bits per heavy atom. The highest BCUT2D eigenvalue weighted by Gasteiger charge is 1.90. The molecule has 0 aliphatic rings. The van der Waals surface area contributed by atoms with E-state index in [1.807, 2.05) is 43.3 Å².